The summed E-state index contributed by atoms with van der Waals surface area (Å²) in [4.78, 5) is 14.9. The first-order valence-corrected chi connectivity index (χ1v) is 8.25. The van der Waals surface area contributed by atoms with Gasteiger partial charge in [0, 0.05) is 0 Å². The molecule has 0 aliphatic rings. The molecule has 1 aromatic carbocycles. The van der Waals surface area contributed by atoms with Gasteiger partial charge in [0.2, 0.25) is 0 Å². The van der Waals surface area contributed by atoms with E-state index in [0.29, 0.717) is 20.5 Å². The lowest BCUT2D eigenvalue weighted by molar-refractivity contribution is -0.384. The van der Waals surface area contributed by atoms with Gasteiger partial charge in [-0.25, -0.2) is 4.98 Å². The van der Waals surface area contributed by atoms with Crippen molar-refractivity contribution in [2.24, 2.45) is 0 Å². The van der Waals surface area contributed by atoms with Crippen LogP contribution in [0.2, 0.25) is 5.02 Å². The Morgan fingerprint density at radius 3 is 2.64 bits per heavy atom. The first kappa shape index (κ1) is 15.3. The zero-order valence-corrected chi connectivity index (χ0v) is 13.9. The van der Waals surface area contributed by atoms with Gasteiger partial charge in [-0.15, -0.1) is 3.97 Å². The fraction of sp³-hybridized carbons (Fsp3) is 0. The lowest BCUT2D eigenvalue weighted by atomic mass is 10.3. The highest BCUT2D eigenvalue weighted by molar-refractivity contribution is 9.10. The molecule has 0 saturated carbocycles. The van der Waals surface area contributed by atoms with Crippen LogP contribution < -0.4 is 0 Å². The first-order valence-electron chi connectivity index (χ1n) is 5.98. The highest BCUT2D eigenvalue weighted by Crippen LogP contribution is 2.36. The number of hydrogen-bond donors (Lipinski definition) is 0. The second kappa shape index (κ2) is 5.88. The average Bonchev–Trinajstić information content (AvgIpc) is 2.84. The minimum atomic E-state index is -1.55. The lowest BCUT2D eigenvalue weighted by Crippen LogP contribution is -2.13. The molecule has 0 fully saturated rings. The topological polar surface area (TPSA) is 84.0 Å². The summed E-state index contributed by atoms with van der Waals surface area (Å²) in [6.07, 6.45) is 1.07. The van der Waals surface area contributed by atoms with Crippen LogP contribution in [0.3, 0.4) is 0 Å². The molecular formula is C13H7BrClN3O3S. The summed E-state index contributed by atoms with van der Waals surface area (Å²) in [5, 5.41) is 11.3. The molecule has 9 heteroatoms. The molecule has 3 rings (SSSR count). The Morgan fingerprint density at radius 1 is 1.32 bits per heavy atom. The molecule has 112 valence electrons. The molecule has 0 radical (unpaired) electrons. The SMILES string of the molecule is O=[N+]([O-])c1cnc2c(cc(Br)n2[S+]([O-])c2ccccc2)c1Cl. The summed E-state index contributed by atoms with van der Waals surface area (Å²) in [6, 6.07) is 10.4. The normalized spacial score (nSPS) is 12.5. The largest absolute Gasteiger partial charge is 0.587 e. The minimum absolute atomic E-state index is 0.0282. The number of fused-ring (bicyclic) bond motifs is 1. The second-order valence-electron chi connectivity index (χ2n) is 4.28. The predicted octanol–water partition coefficient (Wildman–Crippen LogP) is 3.93. The van der Waals surface area contributed by atoms with Crippen LogP contribution in [0.15, 0.2) is 52.1 Å². The molecule has 0 N–H and O–H groups in total. The Labute approximate surface area is 141 Å². The molecule has 1 unspecified atom stereocenters. The van der Waals surface area contributed by atoms with Crippen molar-refractivity contribution in [1.82, 2.24) is 8.96 Å². The summed E-state index contributed by atoms with van der Waals surface area (Å²) in [5.41, 5.74) is 0.0222. The van der Waals surface area contributed by atoms with Crippen LogP contribution >= 0.6 is 27.5 Å². The Hall–Kier alpha value is -1.61. The van der Waals surface area contributed by atoms with Gasteiger partial charge in [0.1, 0.15) is 27.2 Å². The molecule has 0 aliphatic heterocycles. The molecule has 1 atom stereocenters. The Bertz CT molecular complexity index is 872. The van der Waals surface area contributed by atoms with E-state index in [4.69, 9.17) is 11.6 Å². The Balaban J connectivity index is 2.21. The van der Waals surface area contributed by atoms with Crippen molar-refractivity contribution < 1.29 is 9.48 Å². The van der Waals surface area contributed by atoms with E-state index in [2.05, 4.69) is 20.9 Å². The van der Waals surface area contributed by atoms with E-state index in [-0.39, 0.29) is 10.7 Å². The van der Waals surface area contributed by atoms with Crippen LogP contribution in [0.25, 0.3) is 11.0 Å². The van der Waals surface area contributed by atoms with Crippen LogP contribution in [0, 0.1) is 10.1 Å². The van der Waals surface area contributed by atoms with Gasteiger partial charge >= 0.3 is 5.69 Å². The Morgan fingerprint density at radius 2 is 2.00 bits per heavy atom. The molecular weight excluding hydrogens is 394 g/mol. The Kier molecular flexibility index (Phi) is 4.09. The number of nitrogens with zero attached hydrogens (tertiary/aromatic N) is 3. The van der Waals surface area contributed by atoms with Gasteiger partial charge in [0.15, 0.2) is 10.5 Å². The molecule has 2 heterocycles. The molecule has 3 aromatic rings. The van der Waals surface area contributed by atoms with Gasteiger partial charge in [-0.3, -0.25) is 10.1 Å². The summed E-state index contributed by atoms with van der Waals surface area (Å²) >= 11 is 7.81. The van der Waals surface area contributed by atoms with Crippen LogP contribution in [-0.2, 0) is 11.4 Å². The number of hydrogen-bond acceptors (Lipinski definition) is 4. The quantitative estimate of drug-likeness (QED) is 0.379. The standard InChI is InChI=1S/C13H7BrClN3O3S/c14-11-6-9-12(15)10(18(19)20)7-16-13(9)17(11)22(21)8-4-2-1-3-5-8/h1-7H. The van der Waals surface area contributed by atoms with E-state index in [0.717, 1.165) is 6.20 Å². The maximum Gasteiger partial charge on any atom is 0.306 e. The fourth-order valence-corrected chi connectivity index (χ4v) is 4.14. The molecule has 0 bridgehead atoms. The van der Waals surface area contributed by atoms with E-state index < -0.39 is 16.3 Å². The number of aromatic nitrogens is 2. The lowest BCUT2D eigenvalue weighted by Gasteiger charge is -2.11. The van der Waals surface area contributed by atoms with Crippen molar-refractivity contribution in [3.63, 3.8) is 0 Å². The van der Waals surface area contributed by atoms with Crippen LogP contribution in [0.5, 0.6) is 0 Å². The third-order valence-electron chi connectivity index (χ3n) is 2.97. The van der Waals surface area contributed by atoms with E-state index in [1.807, 2.05) is 6.07 Å². The van der Waals surface area contributed by atoms with Gasteiger partial charge in [0.05, 0.1) is 10.3 Å². The molecule has 2 aromatic heterocycles. The van der Waals surface area contributed by atoms with Gasteiger partial charge in [-0.1, -0.05) is 29.8 Å². The smallest absolute Gasteiger partial charge is 0.306 e. The summed E-state index contributed by atoms with van der Waals surface area (Å²) < 4.78 is 14.6. The highest BCUT2D eigenvalue weighted by Gasteiger charge is 2.26. The molecule has 0 saturated heterocycles. The number of benzene rings is 1. The molecule has 0 aliphatic carbocycles. The van der Waals surface area contributed by atoms with Crippen molar-refractivity contribution in [3.8, 4) is 0 Å². The summed E-state index contributed by atoms with van der Waals surface area (Å²) in [6.45, 7) is 0. The highest BCUT2D eigenvalue weighted by atomic mass is 79.9. The molecule has 22 heavy (non-hydrogen) atoms. The number of nitro groups is 1. The van der Waals surface area contributed by atoms with Gasteiger partial charge in [-0.05, 0) is 34.1 Å². The van der Waals surface area contributed by atoms with Crippen LogP contribution in [-0.4, -0.2) is 18.4 Å². The van der Waals surface area contributed by atoms with Crippen molar-refractivity contribution in [2.75, 3.05) is 0 Å². The molecule has 0 spiro atoms. The van der Waals surface area contributed by atoms with Crippen molar-refractivity contribution in [3.05, 3.63) is 62.3 Å². The zero-order valence-electron chi connectivity index (χ0n) is 10.8. The third kappa shape index (κ3) is 2.48. The maximum absolute atomic E-state index is 12.7. The van der Waals surface area contributed by atoms with Crippen molar-refractivity contribution in [2.45, 2.75) is 4.90 Å². The minimum Gasteiger partial charge on any atom is -0.587 e. The summed E-state index contributed by atoms with van der Waals surface area (Å²) in [5.74, 6) is 0. The maximum atomic E-state index is 12.7. The fourth-order valence-electron chi connectivity index (χ4n) is 1.98. The number of pyridine rings is 1. The predicted molar refractivity (Wildman–Crippen MR) is 87.3 cm³/mol. The first-order chi connectivity index (χ1) is 10.5. The summed E-state index contributed by atoms with van der Waals surface area (Å²) in [7, 11) is 0. The zero-order chi connectivity index (χ0) is 15.9. The third-order valence-corrected chi connectivity index (χ3v) is 5.56. The van der Waals surface area contributed by atoms with E-state index in [1.54, 1.807) is 30.3 Å². The van der Waals surface area contributed by atoms with Crippen LogP contribution in [0.4, 0.5) is 5.69 Å². The number of rotatable bonds is 3. The van der Waals surface area contributed by atoms with Crippen LogP contribution in [0.1, 0.15) is 0 Å². The molecule has 6 nitrogen and oxygen atoms in total. The van der Waals surface area contributed by atoms with Crippen molar-refractivity contribution >= 4 is 55.6 Å². The van der Waals surface area contributed by atoms with Crippen molar-refractivity contribution in [1.29, 1.82) is 0 Å². The van der Waals surface area contributed by atoms with Gasteiger partial charge in [-0.2, -0.15) is 0 Å². The monoisotopic (exact) mass is 399 g/mol. The van der Waals surface area contributed by atoms with Gasteiger partial charge in [0.25, 0.3) is 0 Å². The second-order valence-corrected chi connectivity index (χ2v) is 6.80. The van der Waals surface area contributed by atoms with E-state index >= 15 is 0 Å². The molecule has 0 amide bonds. The van der Waals surface area contributed by atoms with E-state index in [1.165, 1.54) is 3.97 Å². The average molecular weight is 401 g/mol. The van der Waals surface area contributed by atoms with E-state index in [9.17, 15) is 14.7 Å². The van der Waals surface area contributed by atoms with Gasteiger partial charge < -0.3 is 4.55 Å². The number of halogens is 2.